The number of likely N-dealkylation sites (tertiary alicyclic amines) is 1. The molecule has 4 rings (SSSR count). The Balaban J connectivity index is 1.45. The third kappa shape index (κ3) is 7.68. The van der Waals surface area contributed by atoms with Gasteiger partial charge in [0.1, 0.15) is 4.87 Å². The van der Waals surface area contributed by atoms with Gasteiger partial charge in [0.05, 0.1) is 34.6 Å². The number of hydrazine groups is 1. The van der Waals surface area contributed by atoms with Gasteiger partial charge in [0.15, 0.2) is 0 Å². The van der Waals surface area contributed by atoms with E-state index in [0.29, 0.717) is 41.2 Å². The van der Waals surface area contributed by atoms with Gasteiger partial charge in [-0.3, -0.25) is 9.69 Å². The Bertz CT molecular complexity index is 1050. The first kappa shape index (κ1) is 27.9. The van der Waals surface area contributed by atoms with Gasteiger partial charge >= 0.3 is 0 Å². The average Bonchev–Trinajstić information content (AvgIpc) is 3.06. The van der Waals surface area contributed by atoms with Crippen LogP contribution in [0.5, 0.6) is 0 Å². The second kappa shape index (κ2) is 13.6. The molecule has 6 nitrogen and oxygen atoms in total. The highest BCUT2D eigenvalue weighted by molar-refractivity contribution is 6.42. The Morgan fingerprint density at radius 1 is 1.05 bits per heavy atom. The normalized spacial score (nSPS) is 21.9. The number of nitrogens with zero attached hydrogens (tertiary/aromatic N) is 3. The summed E-state index contributed by atoms with van der Waals surface area (Å²) in [6, 6.07) is 15.3. The molecule has 2 saturated heterocycles. The van der Waals surface area contributed by atoms with Gasteiger partial charge in [0.2, 0.25) is 6.04 Å². The number of hydrogen-bond acceptors (Lipinski definition) is 3. The number of carbonyl (C=O) groups is 1. The lowest BCUT2D eigenvalue weighted by Crippen LogP contribution is -2.47. The highest BCUT2D eigenvalue weighted by atomic mass is 35.5. The number of nitroso groups, excluding NO2 is 1. The molecule has 1 amide bonds. The number of nitrogens with one attached hydrogen (secondary N) is 1. The standard InChI is InChI=1S/C29H38Cl2N4O2/c1-2-23(24-9-5-3-6-10-24)20-34-16-13-22(17-26(35(34)37)21-33-14-7-4-8-15-33)19-32-29(36)25-11-12-27(30)28(31)18-25/h3,5-6,9-12,18,22-23,26H,2,4,7-8,13-17,19-21H2,1H3/p+1/t22-,23+,26-/m0/s1. The maximum absolute atomic E-state index is 13.8. The van der Waals surface area contributed by atoms with E-state index < -0.39 is 0 Å². The van der Waals surface area contributed by atoms with Crippen LogP contribution in [-0.2, 0) is 0 Å². The van der Waals surface area contributed by atoms with Crippen molar-refractivity contribution in [2.45, 2.75) is 57.4 Å². The smallest absolute Gasteiger partial charge is 0.251 e. The lowest BCUT2D eigenvalue weighted by atomic mass is 9.95. The third-order valence-electron chi connectivity index (χ3n) is 7.84. The molecule has 0 unspecified atom stereocenters. The van der Waals surface area contributed by atoms with Crippen LogP contribution < -0.4 is 5.32 Å². The molecule has 2 fully saturated rings. The fourth-order valence-corrected chi connectivity index (χ4v) is 5.92. The summed E-state index contributed by atoms with van der Waals surface area (Å²) in [6.45, 7) is 7.03. The molecule has 2 aromatic carbocycles. The van der Waals surface area contributed by atoms with Gasteiger partial charge in [0, 0.05) is 24.4 Å². The molecule has 2 aliphatic rings. The van der Waals surface area contributed by atoms with Gasteiger partial charge in [0.25, 0.3) is 5.91 Å². The monoisotopic (exact) mass is 545 g/mol. The largest absolute Gasteiger partial charge is 0.352 e. The van der Waals surface area contributed by atoms with Crippen molar-refractivity contribution in [3.8, 4) is 0 Å². The van der Waals surface area contributed by atoms with E-state index in [1.165, 1.54) is 29.7 Å². The van der Waals surface area contributed by atoms with Crippen molar-refractivity contribution < 1.29 is 9.66 Å². The maximum Gasteiger partial charge on any atom is 0.251 e. The fourth-order valence-electron chi connectivity index (χ4n) is 5.62. The van der Waals surface area contributed by atoms with E-state index in [4.69, 9.17) is 23.2 Å². The summed E-state index contributed by atoms with van der Waals surface area (Å²) in [7, 11) is 0. The number of benzene rings is 2. The third-order valence-corrected chi connectivity index (χ3v) is 8.58. The van der Waals surface area contributed by atoms with Crippen LogP contribution in [0.2, 0.25) is 10.0 Å². The van der Waals surface area contributed by atoms with Crippen molar-refractivity contribution >= 4 is 29.1 Å². The van der Waals surface area contributed by atoms with Crippen molar-refractivity contribution in [3.63, 3.8) is 0 Å². The highest BCUT2D eigenvalue weighted by Crippen LogP contribution is 2.27. The van der Waals surface area contributed by atoms with Crippen LogP contribution in [0.25, 0.3) is 0 Å². The molecule has 2 heterocycles. The van der Waals surface area contributed by atoms with Crippen LogP contribution in [-0.4, -0.2) is 66.0 Å². The van der Waals surface area contributed by atoms with Gasteiger partial charge in [-0.2, -0.15) is 0 Å². The number of piperidine rings is 1. The second-order valence-electron chi connectivity index (χ2n) is 10.5. The number of hydrogen-bond donors (Lipinski definition) is 1. The van der Waals surface area contributed by atoms with Gasteiger partial charge in [-0.25, -0.2) is 0 Å². The number of amides is 1. The minimum absolute atomic E-state index is 0.124. The first-order chi connectivity index (χ1) is 17.9. The zero-order valence-corrected chi connectivity index (χ0v) is 23.3. The van der Waals surface area contributed by atoms with E-state index in [1.54, 1.807) is 18.2 Å². The predicted octanol–water partition coefficient (Wildman–Crippen LogP) is 6.18. The topological polar surface area (TPSA) is 55.7 Å². The molecular formula is C29H39Cl2N4O2+. The number of rotatable bonds is 9. The summed E-state index contributed by atoms with van der Waals surface area (Å²) in [4.78, 5) is 30.3. The molecule has 3 atom stereocenters. The quantitative estimate of drug-likeness (QED) is 0.382. The molecule has 0 spiro atoms. The average molecular weight is 547 g/mol. The van der Waals surface area contributed by atoms with Gasteiger partial charge in [-0.05, 0) is 68.5 Å². The molecule has 0 aliphatic carbocycles. The molecule has 8 heteroatoms. The zero-order valence-electron chi connectivity index (χ0n) is 21.8. The Labute approximate surface area is 230 Å². The van der Waals surface area contributed by atoms with E-state index >= 15 is 0 Å². The Hall–Kier alpha value is -2.15. The first-order valence-electron chi connectivity index (χ1n) is 13.7. The highest BCUT2D eigenvalue weighted by Gasteiger charge is 2.40. The molecule has 37 heavy (non-hydrogen) atoms. The Kier molecular flexibility index (Phi) is 10.2. The molecule has 0 bridgehead atoms. The van der Waals surface area contributed by atoms with E-state index in [-0.39, 0.29) is 17.9 Å². The van der Waals surface area contributed by atoms with Crippen LogP contribution in [0.3, 0.4) is 0 Å². The minimum Gasteiger partial charge on any atom is -0.352 e. The van der Waals surface area contributed by atoms with Crippen LogP contribution in [0.4, 0.5) is 0 Å². The fraction of sp³-hybridized carbons (Fsp3) is 0.552. The SMILES string of the molecule is CC[C@H](CN1CC[C@H](CNC(=O)c2ccc(Cl)c(Cl)c2)C[C@@H](CN2CCCCC2)[N+]1=O)c1ccccc1. The Morgan fingerprint density at radius 2 is 1.81 bits per heavy atom. The summed E-state index contributed by atoms with van der Waals surface area (Å²) >= 11 is 12.1. The van der Waals surface area contributed by atoms with Gasteiger partial charge < -0.3 is 5.32 Å². The molecule has 1 N–H and O–H groups in total. The van der Waals surface area contributed by atoms with Crippen LogP contribution >= 0.6 is 23.2 Å². The van der Waals surface area contributed by atoms with E-state index in [0.717, 1.165) is 38.9 Å². The lowest BCUT2D eigenvalue weighted by molar-refractivity contribution is -0.733. The van der Waals surface area contributed by atoms with Gasteiger partial charge in [-0.15, -0.1) is 5.01 Å². The number of carbonyl (C=O) groups excluding carboxylic acids is 1. The molecule has 0 saturated carbocycles. The first-order valence-corrected chi connectivity index (χ1v) is 14.4. The number of halogens is 2. The zero-order chi connectivity index (χ0) is 26.2. The van der Waals surface area contributed by atoms with Crippen LogP contribution in [0.1, 0.15) is 67.3 Å². The minimum atomic E-state index is -0.165. The van der Waals surface area contributed by atoms with Crippen molar-refractivity contribution in [1.29, 1.82) is 0 Å². The molecular weight excluding hydrogens is 507 g/mol. The summed E-state index contributed by atoms with van der Waals surface area (Å²) in [5.74, 6) is 0.361. The second-order valence-corrected chi connectivity index (χ2v) is 11.3. The summed E-state index contributed by atoms with van der Waals surface area (Å²) < 4.78 is 0. The molecule has 2 aliphatic heterocycles. The van der Waals surface area contributed by atoms with E-state index in [1.807, 2.05) is 11.1 Å². The summed E-state index contributed by atoms with van der Waals surface area (Å²) in [5, 5.41) is 5.90. The maximum atomic E-state index is 13.8. The van der Waals surface area contributed by atoms with Crippen molar-refractivity contribution in [2.75, 3.05) is 39.3 Å². The molecule has 0 aromatic heterocycles. The van der Waals surface area contributed by atoms with E-state index in [2.05, 4.69) is 41.4 Å². The van der Waals surface area contributed by atoms with Crippen LogP contribution in [0.15, 0.2) is 48.5 Å². The lowest BCUT2D eigenvalue weighted by Gasteiger charge is -2.28. The van der Waals surface area contributed by atoms with Crippen LogP contribution in [0, 0.1) is 10.8 Å². The summed E-state index contributed by atoms with van der Waals surface area (Å²) in [5.41, 5.74) is 1.77. The molecule has 0 radical (unpaired) electrons. The summed E-state index contributed by atoms with van der Waals surface area (Å²) in [6.07, 6.45) is 6.28. The van der Waals surface area contributed by atoms with Gasteiger partial charge in [-0.1, -0.05) is 66.9 Å². The Morgan fingerprint density at radius 3 is 2.51 bits per heavy atom. The van der Waals surface area contributed by atoms with Crippen molar-refractivity contribution in [2.24, 2.45) is 5.92 Å². The van der Waals surface area contributed by atoms with Crippen molar-refractivity contribution in [3.05, 3.63) is 74.6 Å². The van der Waals surface area contributed by atoms with Crippen molar-refractivity contribution in [1.82, 2.24) is 15.2 Å². The predicted molar refractivity (Wildman–Crippen MR) is 150 cm³/mol. The molecule has 2 aromatic rings. The van der Waals surface area contributed by atoms with E-state index in [9.17, 15) is 9.70 Å². The molecule has 200 valence electrons.